The lowest BCUT2D eigenvalue weighted by atomic mass is 9.59. The fourth-order valence-corrected chi connectivity index (χ4v) is 12.7. The summed E-state index contributed by atoms with van der Waals surface area (Å²) in [6.45, 7) is 0. The van der Waals surface area contributed by atoms with Crippen LogP contribution in [0.25, 0.3) is 54.8 Å². The zero-order valence-electron chi connectivity index (χ0n) is 32.0. The summed E-state index contributed by atoms with van der Waals surface area (Å²) >= 11 is 0. The number of aromatic nitrogens is 3. The Hall–Kier alpha value is -7.99. The largest absolute Gasteiger partial charge is 0.308 e. The monoisotopic (exact) mass is 759 g/mol. The van der Waals surface area contributed by atoms with Crippen molar-refractivity contribution in [1.29, 1.82) is 10.5 Å². The van der Waals surface area contributed by atoms with Crippen LogP contribution in [0, 0.1) is 22.7 Å². The Balaban J connectivity index is 1.19. The van der Waals surface area contributed by atoms with E-state index in [1.807, 2.05) is 6.33 Å². The number of para-hydroxylation sites is 1. The quantitative estimate of drug-likeness (QED) is 0.167. The van der Waals surface area contributed by atoms with Crippen LogP contribution in [-0.2, 0) is 0 Å². The molecule has 3 heterocycles. The Morgan fingerprint density at radius 2 is 0.850 bits per heavy atom. The first-order chi connectivity index (χ1) is 29.7. The van der Waals surface area contributed by atoms with Crippen molar-refractivity contribution in [3.63, 3.8) is 0 Å². The third-order valence-electron chi connectivity index (χ3n) is 14.7. The Kier molecular flexibility index (Phi) is 5.46. The number of imidazole rings is 1. The molecule has 0 aliphatic heterocycles. The van der Waals surface area contributed by atoms with E-state index >= 15 is 0 Å². The molecule has 0 N–H and O–H groups in total. The topological polar surface area (TPSA) is 69.8 Å². The van der Waals surface area contributed by atoms with Gasteiger partial charge in [-0.2, -0.15) is 10.5 Å². The van der Waals surface area contributed by atoms with Crippen molar-refractivity contribution in [1.82, 2.24) is 14.0 Å². The fourth-order valence-electron chi connectivity index (χ4n) is 12.7. The molecule has 0 amide bonds. The zero-order valence-corrected chi connectivity index (χ0v) is 32.0. The van der Waals surface area contributed by atoms with Crippen LogP contribution in [0.3, 0.4) is 0 Å². The van der Waals surface area contributed by atoms with Crippen LogP contribution in [0.15, 0.2) is 152 Å². The first-order valence-electron chi connectivity index (χ1n) is 20.7. The molecule has 60 heavy (non-hydrogen) atoms. The summed E-state index contributed by atoms with van der Waals surface area (Å²) in [4.78, 5) is 5.31. The van der Waals surface area contributed by atoms with Crippen LogP contribution in [0.2, 0.25) is 0 Å². The van der Waals surface area contributed by atoms with E-state index in [0.29, 0.717) is 11.1 Å². The number of hydrogen-bond donors (Lipinski definition) is 0. The van der Waals surface area contributed by atoms with Gasteiger partial charge in [-0.25, -0.2) is 4.98 Å². The molecular weight excluding hydrogens is 731 g/mol. The molecule has 5 nitrogen and oxygen atoms in total. The fraction of sp³-hybridized carbons (Fsp3) is 0.0727. The second-order valence-corrected chi connectivity index (χ2v) is 17.1. The molecule has 0 spiro atoms. The van der Waals surface area contributed by atoms with Crippen molar-refractivity contribution in [3.8, 4) is 17.8 Å². The molecule has 5 heteroatoms. The zero-order chi connectivity index (χ0) is 39.1. The van der Waals surface area contributed by atoms with Crippen molar-refractivity contribution < 1.29 is 0 Å². The third-order valence-corrected chi connectivity index (χ3v) is 14.7. The van der Waals surface area contributed by atoms with Gasteiger partial charge in [0.1, 0.15) is 6.33 Å². The molecule has 11 aromatic rings. The number of nitriles is 2. The Labute approximate surface area is 343 Å². The minimum atomic E-state index is -0.0569. The Morgan fingerprint density at radius 1 is 0.433 bits per heavy atom. The van der Waals surface area contributed by atoms with E-state index in [-0.39, 0.29) is 23.7 Å². The maximum atomic E-state index is 11.2. The highest BCUT2D eigenvalue weighted by molar-refractivity contribution is 6.32. The second-order valence-electron chi connectivity index (χ2n) is 17.1. The summed E-state index contributed by atoms with van der Waals surface area (Å²) in [7, 11) is 0. The van der Waals surface area contributed by atoms with Gasteiger partial charge in [0.15, 0.2) is 0 Å². The van der Waals surface area contributed by atoms with E-state index in [1.54, 1.807) is 0 Å². The molecule has 0 radical (unpaired) electrons. The van der Waals surface area contributed by atoms with Gasteiger partial charge in [-0.15, -0.1) is 0 Å². The molecule has 17 rings (SSSR count). The van der Waals surface area contributed by atoms with Gasteiger partial charge in [-0.1, -0.05) is 115 Å². The van der Waals surface area contributed by atoms with Crippen LogP contribution < -0.4 is 0 Å². The van der Waals surface area contributed by atoms with Gasteiger partial charge in [-0.3, -0.25) is 4.57 Å². The highest BCUT2D eigenvalue weighted by atomic mass is 15.1. The van der Waals surface area contributed by atoms with Gasteiger partial charge in [-0.05, 0) is 97.1 Å². The maximum Gasteiger partial charge on any atom is 0.100 e. The van der Waals surface area contributed by atoms with Crippen molar-refractivity contribution in [2.24, 2.45) is 0 Å². The highest BCUT2D eigenvalue weighted by Gasteiger charge is 2.47. The molecule has 0 atom stereocenters. The van der Waals surface area contributed by atoms with Crippen molar-refractivity contribution >= 4 is 49.1 Å². The first kappa shape index (κ1) is 31.1. The normalized spacial score (nSPS) is 18.6. The lowest BCUT2D eigenvalue weighted by Gasteiger charge is -2.43. The standard InChI is InChI=1S/C55H29N5/c56-25-28-22-40-49(51-43(28)45-31-14-4-8-18-35(31)47(51)36-19-9-5-15-32(36)45)39-24-42-54(58-27-59(42)30-12-2-1-3-13-30)53-50-41(60(40)55(39)53)23-29(26-57)44-46-33-16-6-10-20-37(33)48(52(44)50)38-21-11-7-17-34(38)46/h1-24,27,45-48H. The van der Waals surface area contributed by atoms with E-state index in [4.69, 9.17) is 4.98 Å². The number of fused-ring (bicyclic) bond motifs is 8. The minimum absolute atomic E-state index is 0.0359. The van der Waals surface area contributed by atoms with Crippen LogP contribution in [-0.4, -0.2) is 14.0 Å². The smallest absolute Gasteiger partial charge is 0.100 e. The molecular formula is C55H29N5. The van der Waals surface area contributed by atoms with Gasteiger partial charge < -0.3 is 4.40 Å². The van der Waals surface area contributed by atoms with Crippen molar-refractivity contribution in [2.75, 3.05) is 0 Å². The summed E-state index contributed by atoms with van der Waals surface area (Å²) in [5.74, 6) is -0.191. The van der Waals surface area contributed by atoms with Crippen LogP contribution in [0.4, 0.5) is 0 Å². The number of nitrogens with zero attached hydrogens (tertiary/aromatic N) is 5. The predicted molar refractivity (Wildman–Crippen MR) is 235 cm³/mol. The van der Waals surface area contributed by atoms with E-state index in [2.05, 4.69) is 167 Å². The highest BCUT2D eigenvalue weighted by Crippen LogP contribution is 2.62. The van der Waals surface area contributed by atoms with Gasteiger partial charge in [0.05, 0.1) is 50.8 Å². The SMILES string of the molecule is N#Cc1cc2c(c3c1C1c4ccccc4C3c3ccccc31)c1cc3c(ncn3-c3ccccc3)c3c4c5c(c(C#N)cc4n2c13)C1c2ccccc2C5c2ccccc21. The number of hydrogen-bond acceptors (Lipinski definition) is 3. The lowest BCUT2D eigenvalue weighted by molar-refractivity contribution is 0.758. The van der Waals surface area contributed by atoms with Crippen LogP contribution in [0.1, 0.15) is 102 Å². The molecule has 4 bridgehead atoms. The summed E-state index contributed by atoms with van der Waals surface area (Å²) in [6.07, 6.45) is 1.98. The van der Waals surface area contributed by atoms with Crippen LogP contribution >= 0.6 is 0 Å². The van der Waals surface area contributed by atoms with Crippen molar-refractivity contribution in [2.45, 2.75) is 23.7 Å². The average Bonchev–Trinajstić information content (AvgIpc) is 4.00. The van der Waals surface area contributed by atoms with E-state index in [9.17, 15) is 10.5 Å². The number of benzene rings is 8. The maximum absolute atomic E-state index is 11.2. The molecule has 8 aromatic carbocycles. The van der Waals surface area contributed by atoms with E-state index in [1.165, 1.54) is 61.0 Å². The Morgan fingerprint density at radius 3 is 1.32 bits per heavy atom. The average molecular weight is 760 g/mol. The van der Waals surface area contributed by atoms with E-state index < -0.39 is 0 Å². The molecule has 0 unspecified atom stereocenters. The molecule has 0 saturated carbocycles. The third kappa shape index (κ3) is 3.36. The van der Waals surface area contributed by atoms with Gasteiger partial charge in [0.25, 0.3) is 0 Å². The second kappa shape index (κ2) is 10.5. The summed E-state index contributed by atoms with van der Waals surface area (Å²) in [5, 5.41) is 27.0. The molecule has 0 fully saturated rings. The molecule has 6 aliphatic rings. The minimum Gasteiger partial charge on any atom is -0.308 e. The van der Waals surface area contributed by atoms with Gasteiger partial charge >= 0.3 is 0 Å². The molecule has 6 aliphatic carbocycles. The lowest BCUT2D eigenvalue weighted by Crippen LogP contribution is -2.28. The predicted octanol–water partition coefficient (Wildman–Crippen LogP) is 11.9. The van der Waals surface area contributed by atoms with Crippen molar-refractivity contribution in [3.05, 3.63) is 230 Å². The molecule has 3 aromatic heterocycles. The van der Waals surface area contributed by atoms with Gasteiger partial charge in [0, 0.05) is 50.9 Å². The molecule has 274 valence electrons. The summed E-state index contributed by atoms with van der Waals surface area (Å²) in [5.41, 5.74) is 22.6. The van der Waals surface area contributed by atoms with E-state index in [0.717, 1.165) is 60.6 Å². The number of rotatable bonds is 1. The van der Waals surface area contributed by atoms with Gasteiger partial charge in [0.2, 0.25) is 0 Å². The molecule has 0 saturated heterocycles. The van der Waals surface area contributed by atoms with Crippen LogP contribution in [0.5, 0.6) is 0 Å². The summed E-state index contributed by atoms with van der Waals surface area (Å²) in [6, 6.07) is 58.0. The Bertz CT molecular complexity index is 3790. The summed E-state index contributed by atoms with van der Waals surface area (Å²) < 4.78 is 4.63. The first-order valence-corrected chi connectivity index (χ1v) is 20.7.